The van der Waals surface area contributed by atoms with Gasteiger partial charge in [0, 0.05) is 31.1 Å². The van der Waals surface area contributed by atoms with Crippen LogP contribution in [-0.4, -0.2) is 56.2 Å². The van der Waals surface area contributed by atoms with Gasteiger partial charge in [-0.05, 0) is 52.0 Å². The van der Waals surface area contributed by atoms with E-state index in [2.05, 4.69) is 17.0 Å². The molecule has 3 fully saturated rings. The van der Waals surface area contributed by atoms with Crippen LogP contribution in [0.15, 0.2) is 0 Å². The summed E-state index contributed by atoms with van der Waals surface area (Å²) in [7, 11) is -3.37. The van der Waals surface area contributed by atoms with E-state index in [0.717, 1.165) is 51.5 Å². The van der Waals surface area contributed by atoms with Gasteiger partial charge in [0.15, 0.2) is 0 Å². The Labute approximate surface area is 145 Å². The predicted molar refractivity (Wildman–Crippen MR) is 94.1 cm³/mol. The number of carbonyl (C=O) groups is 1. The maximum Gasteiger partial charge on any atom is 0.225 e. The van der Waals surface area contributed by atoms with Crippen LogP contribution in [0, 0.1) is 5.92 Å². The highest BCUT2D eigenvalue weighted by molar-refractivity contribution is 7.90. The lowest BCUT2D eigenvalue weighted by Gasteiger charge is -2.35. The van der Waals surface area contributed by atoms with Crippen molar-refractivity contribution < 1.29 is 13.2 Å². The Bertz CT molecular complexity index is 545. The summed E-state index contributed by atoms with van der Waals surface area (Å²) in [4.78, 5) is 14.4. The Balaban J connectivity index is 1.59. The molecule has 0 aromatic rings. The average Bonchev–Trinajstić information content (AvgIpc) is 3.08. The maximum absolute atomic E-state index is 12.8. The number of sulfonamides is 1. The third-order valence-electron chi connectivity index (χ3n) is 5.79. The van der Waals surface area contributed by atoms with Crippen LogP contribution in [-0.2, 0) is 14.8 Å². The van der Waals surface area contributed by atoms with Gasteiger partial charge in [-0.25, -0.2) is 13.1 Å². The number of likely N-dealkylation sites (tertiary alicyclic amines) is 1. The van der Waals surface area contributed by atoms with Gasteiger partial charge in [-0.2, -0.15) is 0 Å². The Morgan fingerprint density at radius 1 is 1.12 bits per heavy atom. The van der Waals surface area contributed by atoms with Crippen molar-refractivity contribution in [2.24, 2.45) is 5.92 Å². The Hall–Kier alpha value is -0.660. The molecule has 1 amide bonds. The molecule has 2 aliphatic heterocycles. The van der Waals surface area contributed by atoms with Crippen molar-refractivity contribution in [2.45, 2.75) is 75.6 Å². The van der Waals surface area contributed by atoms with Crippen molar-refractivity contribution in [3.8, 4) is 0 Å². The van der Waals surface area contributed by atoms with Crippen LogP contribution in [0.4, 0.5) is 0 Å². The highest BCUT2D eigenvalue weighted by atomic mass is 32.2. The molecule has 1 saturated carbocycles. The summed E-state index contributed by atoms with van der Waals surface area (Å²) >= 11 is 0. The molecule has 1 aliphatic carbocycles. The SMILES string of the molecule is CC1CC(NS(=O)(=O)C2CCCN(C(=O)C3CCCC3)C2)CCN1. The number of hydrogen-bond acceptors (Lipinski definition) is 4. The molecule has 0 aromatic carbocycles. The summed E-state index contributed by atoms with van der Waals surface area (Å²) in [5.74, 6) is 0.313. The monoisotopic (exact) mass is 357 g/mol. The highest BCUT2D eigenvalue weighted by Gasteiger charge is 2.36. The van der Waals surface area contributed by atoms with Gasteiger partial charge in [0.2, 0.25) is 15.9 Å². The molecule has 3 unspecified atom stereocenters. The van der Waals surface area contributed by atoms with Crippen LogP contribution < -0.4 is 10.0 Å². The maximum atomic E-state index is 12.8. The molecule has 2 heterocycles. The molecule has 0 radical (unpaired) electrons. The summed E-state index contributed by atoms with van der Waals surface area (Å²) in [5.41, 5.74) is 0. The van der Waals surface area contributed by atoms with E-state index in [0.29, 0.717) is 25.6 Å². The second kappa shape index (κ2) is 7.70. The third kappa shape index (κ3) is 4.29. The predicted octanol–water partition coefficient (Wildman–Crippen LogP) is 1.23. The smallest absolute Gasteiger partial charge is 0.225 e. The van der Waals surface area contributed by atoms with Gasteiger partial charge in [0.1, 0.15) is 0 Å². The second-order valence-corrected chi connectivity index (χ2v) is 9.76. The summed E-state index contributed by atoms with van der Waals surface area (Å²) in [5, 5.41) is 2.89. The molecule has 24 heavy (non-hydrogen) atoms. The lowest BCUT2D eigenvalue weighted by atomic mass is 10.0. The van der Waals surface area contributed by atoms with Crippen molar-refractivity contribution >= 4 is 15.9 Å². The zero-order valence-corrected chi connectivity index (χ0v) is 15.5. The van der Waals surface area contributed by atoms with E-state index in [-0.39, 0.29) is 17.9 Å². The first-order chi connectivity index (χ1) is 11.5. The Morgan fingerprint density at radius 2 is 1.88 bits per heavy atom. The lowest BCUT2D eigenvalue weighted by molar-refractivity contribution is -0.136. The van der Waals surface area contributed by atoms with Crippen molar-refractivity contribution in [2.75, 3.05) is 19.6 Å². The highest BCUT2D eigenvalue weighted by Crippen LogP contribution is 2.28. The largest absolute Gasteiger partial charge is 0.341 e. The van der Waals surface area contributed by atoms with Gasteiger partial charge < -0.3 is 10.2 Å². The quantitative estimate of drug-likeness (QED) is 0.793. The van der Waals surface area contributed by atoms with Gasteiger partial charge in [-0.1, -0.05) is 12.8 Å². The third-order valence-corrected chi connectivity index (χ3v) is 7.71. The fourth-order valence-electron chi connectivity index (χ4n) is 4.39. The van der Waals surface area contributed by atoms with Crippen LogP contribution >= 0.6 is 0 Å². The molecule has 2 saturated heterocycles. The number of hydrogen-bond donors (Lipinski definition) is 2. The van der Waals surface area contributed by atoms with Crippen LogP contribution in [0.1, 0.15) is 58.3 Å². The minimum atomic E-state index is -3.37. The van der Waals surface area contributed by atoms with Crippen LogP contribution in [0.5, 0.6) is 0 Å². The van der Waals surface area contributed by atoms with Crippen LogP contribution in [0.2, 0.25) is 0 Å². The van der Waals surface area contributed by atoms with E-state index in [1.807, 2.05) is 4.90 Å². The zero-order chi connectivity index (χ0) is 17.2. The molecular formula is C17H31N3O3S. The lowest BCUT2D eigenvalue weighted by Crippen LogP contribution is -2.53. The fourth-order valence-corrected chi connectivity index (χ4v) is 6.11. The molecule has 0 aromatic heterocycles. The average molecular weight is 358 g/mol. The van der Waals surface area contributed by atoms with Gasteiger partial charge in [-0.3, -0.25) is 4.79 Å². The first-order valence-corrected chi connectivity index (χ1v) is 11.0. The van der Waals surface area contributed by atoms with Crippen molar-refractivity contribution in [3.05, 3.63) is 0 Å². The molecule has 0 spiro atoms. The van der Waals surface area contributed by atoms with E-state index in [4.69, 9.17) is 0 Å². The van der Waals surface area contributed by atoms with Crippen LogP contribution in [0.25, 0.3) is 0 Å². The van der Waals surface area contributed by atoms with Crippen LogP contribution in [0.3, 0.4) is 0 Å². The van der Waals surface area contributed by atoms with E-state index < -0.39 is 15.3 Å². The fraction of sp³-hybridized carbons (Fsp3) is 0.941. The first kappa shape index (κ1) is 18.1. The number of rotatable bonds is 4. The Morgan fingerprint density at radius 3 is 2.58 bits per heavy atom. The minimum Gasteiger partial charge on any atom is -0.341 e. The van der Waals surface area contributed by atoms with Crippen molar-refractivity contribution in [1.82, 2.24) is 14.9 Å². The molecule has 0 bridgehead atoms. The standard InChI is InChI=1S/C17H31N3O3S/c1-13-11-15(8-9-18-13)19-24(22,23)16-7-4-10-20(12-16)17(21)14-5-2-3-6-14/h13-16,18-19H,2-12H2,1H3. The molecule has 2 N–H and O–H groups in total. The number of piperidine rings is 2. The second-order valence-electron chi connectivity index (χ2n) is 7.77. The number of nitrogens with one attached hydrogen (secondary N) is 2. The van der Waals surface area contributed by atoms with E-state index >= 15 is 0 Å². The van der Waals surface area contributed by atoms with E-state index in [1.54, 1.807) is 0 Å². The van der Waals surface area contributed by atoms with E-state index in [9.17, 15) is 13.2 Å². The van der Waals surface area contributed by atoms with Crippen molar-refractivity contribution in [3.63, 3.8) is 0 Å². The molecular weight excluding hydrogens is 326 g/mol. The molecule has 7 heteroatoms. The van der Waals surface area contributed by atoms with Gasteiger partial charge in [-0.15, -0.1) is 0 Å². The molecule has 3 atom stereocenters. The molecule has 138 valence electrons. The zero-order valence-electron chi connectivity index (χ0n) is 14.7. The number of amides is 1. The summed E-state index contributed by atoms with van der Waals surface area (Å²) in [6.07, 6.45) is 7.30. The van der Waals surface area contributed by atoms with Gasteiger partial charge in [0.25, 0.3) is 0 Å². The van der Waals surface area contributed by atoms with Gasteiger partial charge >= 0.3 is 0 Å². The summed E-state index contributed by atoms with van der Waals surface area (Å²) < 4.78 is 28.5. The molecule has 6 nitrogen and oxygen atoms in total. The summed E-state index contributed by atoms with van der Waals surface area (Å²) in [6.45, 7) is 4.02. The van der Waals surface area contributed by atoms with Crippen molar-refractivity contribution in [1.29, 1.82) is 0 Å². The number of carbonyl (C=O) groups excluding carboxylic acids is 1. The normalized spacial score (nSPS) is 32.9. The van der Waals surface area contributed by atoms with Gasteiger partial charge in [0.05, 0.1) is 5.25 Å². The molecule has 3 rings (SSSR count). The topological polar surface area (TPSA) is 78.5 Å². The minimum absolute atomic E-state index is 0.0205. The summed E-state index contributed by atoms with van der Waals surface area (Å²) in [6, 6.07) is 0.366. The number of nitrogens with zero attached hydrogens (tertiary/aromatic N) is 1. The Kier molecular flexibility index (Phi) is 5.82. The van der Waals surface area contributed by atoms with E-state index in [1.165, 1.54) is 0 Å². The first-order valence-electron chi connectivity index (χ1n) is 9.49. The molecule has 3 aliphatic rings.